The van der Waals surface area contributed by atoms with E-state index < -0.39 is 38.5 Å². The van der Waals surface area contributed by atoms with Gasteiger partial charge in [-0.2, -0.15) is 4.98 Å². The Morgan fingerprint density at radius 3 is 2.60 bits per heavy atom. The fourth-order valence-corrected chi connectivity index (χ4v) is 15.4. The van der Waals surface area contributed by atoms with Crippen LogP contribution in [0.2, 0.25) is 0 Å². The molecule has 0 radical (unpaired) electrons. The van der Waals surface area contributed by atoms with E-state index in [9.17, 15) is 14.9 Å². The van der Waals surface area contributed by atoms with E-state index in [4.69, 9.17) is 29.7 Å². The number of fused-ring (bicyclic) bond motifs is 6. The van der Waals surface area contributed by atoms with Gasteiger partial charge in [-0.15, -0.1) is 0 Å². The predicted molar refractivity (Wildman–Crippen MR) is 270 cm³/mol. The molecule has 5 aromatic rings. The van der Waals surface area contributed by atoms with E-state index >= 15 is 8.42 Å². The van der Waals surface area contributed by atoms with Crippen LogP contribution < -0.4 is 30.3 Å². The smallest absolute Gasteiger partial charge is 0.297 e. The number of amides is 1. The molecule has 19 heteroatoms. The zero-order chi connectivity index (χ0) is 49.2. The second-order valence-electron chi connectivity index (χ2n) is 21.8. The largest absolute Gasteiger partial charge is 0.489 e. The Morgan fingerprint density at radius 1 is 1.00 bits per heavy atom. The zero-order valence-corrected chi connectivity index (χ0v) is 41.4. The molecule has 6 atom stereocenters. The van der Waals surface area contributed by atoms with Crippen molar-refractivity contribution in [3.63, 3.8) is 0 Å². The molecule has 8 aliphatic rings. The highest BCUT2D eigenvalue weighted by Gasteiger charge is 2.52. The van der Waals surface area contributed by atoms with Gasteiger partial charge in [-0.05, 0) is 98.2 Å². The Bertz CT molecular complexity index is 3110. The van der Waals surface area contributed by atoms with Gasteiger partial charge in [-0.25, -0.2) is 8.42 Å². The molecule has 1 amide bonds. The van der Waals surface area contributed by atoms with Crippen molar-refractivity contribution in [2.45, 2.75) is 117 Å². The first-order valence-electron chi connectivity index (χ1n) is 25.7. The van der Waals surface area contributed by atoms with E-state index in [1.807, 2.05) is 17.0 Å². The minimum absolute atomic E-state index is 0.0336. The molecule has 5 saturated heterocycles. The number of nitro groups is 1. The number of carbonyl (C=O) groups is 1. The van der Waals surface area contributed by atoms with Crippen LogP contribution in [0.4, 0.5) is 28.4 Å². The number of anilines is 4. The second-order valence-corrected chi connectivity index (χ2v) is 23.7. The zero-order valence-electron chi connectivity index (χ0n) is 40.6. The average molecular weight is 1000 g/mol. The van der Waals surface area contributed by atoms with Crippen LogP contribution in [0.3, 0.4) is 0 Å². The molecule has 1 saturated carbocycles. The lowest BCUT2D eigenvalue weighted by atomic mass is 9.59. The molecule has 378 valence electrons. The van der Waals surface area contributed by atoms with Crippen molar-refractivity contribution in [1.82, 2.24) is 19.8 Å². The summed E-state index contributed by atoms with van der Waals surface area (Å²) in [5.74, 6) is -0.0940. The average Bonchev–Trinajstić information content (AvgIpc) is 4.24. The first kappa shape index (κ1) is 45.8. The summed E-state index contributed by atoms with van der Waals surface area (Å²) in [7, 11) is -4.77. The summed E-state index contributed by atoms with van der Waals surface area (Å²) in [6.45, 7) is 9.31. The van der Waals surface area contributed by atoms with Gasteiger partial charge in [0, 0.05) is 68.0 Å². The van der Waals surface area contributed by atoms with Gasteiger partial charge < -0.3 is 44.8 Å². The van der Waals surface area contributed by atoms with Crippen LogP contribution in [0.1, 0.15) is 92.2 Å². The maximum atomic E-state index is 16.1. The second kappa shape index (κ2) is 17.3. The maximum Gasteiger partial charge on any atom is 0.297 e. The summed E-state index contributed by atoms with van der Waals surface area (Å²) in [5, 5.41) is 17.2. The third-order valence-electron chi connectivity index (χ3n) is 17.3. The van der Waals surface area contributed by atoms with Crippen molar-refractivity contribution >= 4 is 55.2 Å². The molecule has 18 nitrogen and oxygen atoms in total. The number of benzene rings is 3. The van der Waals surface area contributed by atoms with Crippen LogP contribution in [-0.4, -0.2) is 135 Å². The van der Waals surface area contributed by atoms with Crippen LogP contribution in [-0.2, 0) is 19.3 Å². The van der Waals surface area contributed by atoms with Crippen LogP contribution in [0.25, 0.3) is 11.0 Å². The van der Waals surface area contributed by atoms with E-state index in [0.29, 0.717) is 61.3 Å². The van der Waals surface area contributed by atoms with E-state index in [1.165, 1.54) is 23.6 Å². The number of nitrogens with one attached hydrogen (secondary N) is 2. The molecule has 9 heterocycles. The summed E-state index contributed by atoms with van der Waals surface area (Å²) in [6.07, 6.45) is 8.51. The van der Waals surface area contributed by atoms with Gasteiger partial charge in [0.05, 0.1) is 64.8 Å². The summed E-state index contributed by atoms with van der Waals surface area (Å²) in [4.78, 5) is 42.8. The Hall–Kier alpha value is -5.99. The minimum atomic E-state index is -4.77. The topological polar surface area (TPSA) is 211 Å². The number of piperidine rings is 1. The van der Waals surface area contributed by atoms with Crippen LogP contribution in [0.5, 0.6) is 11.6 Å². The summed E-state index contributed by atoms with van der Waals surface area (Å²) >= 11 is 0. The lowest BCUT2D eigenvalue weighted by Gasteiger charge is -2.56. The standard InChI is InChI=1S/C53H61N9O9S/c1-30(2)37-6-3-4-7-38(37)40-8-5-15-60(40)34-22-53(23-34)12-16-58(17-13-53)41-10-9-39(50(54)63)48(61-43-18-31-11-14-55-51(31)57-52(43)71-46-29-68-28-44(46)61)49(41)72(66,67)36-20-42(62(64)65)47-45(21-36)70-26-32(56-47)24-59-25-35-19-33(59)27-69-35/h3-4,6-7,9-11,14,18,20-21,30,32-35,40,44,46,56H,5,8,12-13,15-17,19,22-29H2,1-2H3,(H2,54,63)(H,55,57)/t32-,33-,35-,40+,44+,46+/m1/s1. The number of ether oxygens (including phenoxy) is 4. The summed E-state index contributed by atoms with van der Waals surface area (Å²) < 4.78 is 56.8. The van der Waals surface area contributed by atoms with Crippen LogP contribution in [0.15, 0.2) is 76.7 Å². The van der Waals surface area contributed by atoms with Crippen LogP contribution in [0, 0.1) is 15.5 Å². The third kappa shape index (κ3) is 7.51. The fraction of sp³-hybridized carbons (Fsp3) is 0.509. The van der Waals surface area contributed by atoms with Gasteiger partial charge in [0.2, 0.25) is 15.7 Å². The van der Waals surface area contributed by atoms with Gasteiger partial charge in [0.15, 0.2) is 11.4 Å². The first-order chi connectivity index (χ1) is 34.8. The number of nitro benzene ring substituents is 1. The van der Waals surface area contributed by atoms with Crippen molar-refractivity contribution in [2.75, 3.05) is 74.3 Å². The van der Waals surface area contributed by atoms with E-state index in [-0.39, 0.29) is 81.8 Å². The van der Waals surface area contributed by atoms with E-state index in [0.717, 1.165) is 63.1 Å². The molecule has 72 heavy (non-hydrogen) atoms. The normalized spacial score (nSPS) is 26.8. The van der Waals surface area contributed by atoms with Crippen LogP contribution >= 0.6 is 0 Å². The lowest BCUT2D eigenvalue weighted by molar-refractivity contribution is -0.384. The summed E-state index contributed by atoms with van der Waals surface area (Å²) in [5.41, 5.74) is 10.4. The Kier molecular flexibility index (Phi) is 11.0. The highest BCUT2D eigenvalue weighted by atomic mass is 32.2. The molecule has 0 unspecified atom stereocenters. The highest BCUT2D eigenvalue weighted by molar-refractivity contribution is 7.91. The molecule has 2 aromatic heterocycles. The number of nitrogens with zero attached hydrogens (tertiary/aromatic N) is 6. The molecule has 13 rings (SSSR count). The molecule has 6 fully saturated rings. The Morgan fingerprint density at radius 2 is 1.83 bits per heavy atom. The molecule has 3 aromatic carbocycles. The maximum absolute atomic E-state index is 16.1. The van der Waals surface area contributed by atoms with Crippen molar-refractivity contribution in [2.24, 2.45) is 11.1 Å². The SMILES string of the molecule is CC(C)c1ccccc1[C@@H]1CCCN1C1CC2(CCN(c3ccc(C(N)=O)c(N4c5cc6cc[nH]c6nc5O[C@H]5COC[C@@H]54)c3S(=O)(=O)c3cc4c(c([N+](=O)[O-])c3)N[C@H](CN3C[C@H]5C[C@@H]3CO5)CO4)CC2)C1. The summed E-state index contributed by atoms with van der Waals surface area (Å²) in [6, 6.07) is 18.7. The number of hydrogen-bond donors (Lipinski definition) is 3. The number of likely N-dealkylation sites (tertiary alicyclic amines) is 2. The van der Waals surface area contributed by atoms with Gasteiger partial charge in [-0.1, -0.05) is 38.1 Å². The number of nitrogens with two attached hydrogens (primary N) is 1. The highest BCUT2D eigenvalue weighted by Crippen LogP contribution is 2.56. The molecular formula is C53H61N9O9S. The van der Waals surface area contributed by atoms with Crippen molar-refractivity contribution in [1.29, 1.82) is 0 Å². The Labute approximate surface area is 418 Å². The number of morpholine rings is 1. The number of hydrogen-bond acceptors (Lipinski definition) is 15. The Balaban J connectivity index is 0.883. The molecule has 1 aliphatic carbocycles. The number of carbonyl (C=O) groups excluding carboxylic acids is 1. The number of aromatic nitrogens is 2. The van der Waals surface area contributed by atoms with E-state index in [1.54, 1.807) is 18.3 Å². The van der Waals surface area contributed by atoms with Crippen molar-refractivity contribution < 1.29 is 37.1 Å². The number of primary amides is 1. The van der Waals surface area contributed by atoms with Crippen molar-refractivity contribution in [3.8, 4) is 11.6 Å². The number of sulfone groups is 1. The van der Waals surface area contributed by atoms with Crippen molar-refractivity contribution in [3.05, 3.63) is 93.7 Å². The number of H-pyrrole nitrogens is 1. The quantitative estimate of drug-likeness (QED) is 0.0894. The molecular weight excluding hydrogens is 939 g/mol. The fourth-order valence-electron chi connectivity index (χ4n) is 13.7. The van der Waals surface area contributed by atoms with Gasteiger partial charge in [-0.3, -0.25) is 24.7 Å². The minimum Gasteiger partial charge on any atom is -0.489 e. The van der Waals surface area contributed by atoms with Gasteiger partial charge in [0.25, 0.3) is 11.6 Å². The number of aromatic amines is 1. The third-order valence-corrected chi connectivity index (χ3v) is 19.1. The van der Waals surface area contributed by atoms with Gasteiger partial charge in [0.1, 0.15) is 28.9 Å². The molecule has 7 aliphatic heterocycles. The number of rotatable bonds is 11. The predicted octanol–water partition coefficient (Wildman–Crippen LogP) is 7.06. The van der Waals surface area contributed by atoms with Gasteiger partial charge >= 0.3 is 0 Å². The lowest BCUT2D eigenvalue weighted by Crippen LogP contribution is -2.55. The molecule has 1 spiro atoms. The first-order valence-corrected chi connectivity index (χ1v) is 27.2. The molecule has 2 bridgehead atoms. The monoisotopic (exact) mass is 999 g/mol. The molecule has 4 N–H and O–H groups in total. The number of pyridine rings is 1. The van der Waals surface area contributed by atoms with E-state index in [2.05, 4.69) is 63.1 Å².